The summed E-state index contributed by atoms with van der Waals surface area (Å²) in [6.45, 7) is 1.83. The van der Waals surface area contributed by atoms with Crippen molar-refractivity contribution < 1.29 is 27.4 Å². The SMILES string of the molecule is CCOc1ccc(N(CC(=O)OC)S(=O)(=O)c2ccc(OC)c(Cl)c2)cc1. The summed E-state index contributed by atoms with van der Waals surface area (Å²) in [6, 6.07) is 10.4. The van der Waals surface area contributed by atoms with Gasteiger partial charge in [0.2, 0.25) is 0 Å². The molecule has 0 aliphatic heterocycles. The van der Waals surface area contributed by atoms with Crippen LogP contribution in [0.3, 0.4) is 0 Å². The predicted molar refractivity (Wildman–Crippen MR) is 102 cm³/mol. The second kappa shape index (κ2) is 8.96. The summed E-state index contributed by atoms with van der Waals surface area (Å²) in [5.41, 5.74) is 0.288. The molecule has 0 amide bonds. The van der Waals surface area contributed by atoms with Crippen molar-refractivity contribution in [3.8, 4) is 11.5 Å². The number of carbonyl (C=O) groups excluding carboxylic acids is 1. The van der Waals surface area contributed by atoms with E-state index < -0.39 is 22.5 Å². The van der Waals surface area contributed by atoms with Gasteiger partial charge in [0.15, 0.2) is 0 Å². The zero-order valence-electron chi connectivity index (χ0n) is 15.1. The molecule has 0 unspecified atom stereocenters. The lowest BCUT2D eigenvalue weighted by atomic mass is 10.3. The van der Waals surface area contributed by atoms with Gasteiger partial charge >= 0.3 is 5.97 Å². The smallest absolute Gasteiger partial charge is 0.326 e. The summed E-state index contributed by atoms with van der Waals surface area (Å²) in [7, 11) is -1.46. The molecular weight excluding hydrogens is 394 g/mol. The molecule has 0 saturated heterocycles. The Morgan fingerprint density at radius 2 is 1.78 bits per heavy atom. The van der Waals surface area contributed by atoms with Crippen molar-refractivity contribution in [1.82, 2.24) is 0 Å². The second-order valence-corrected chi connectivity index (χ2v) is 7.58. The van der Waals surface area contributed by atoms with Gasteiger partial charge in [0.25, 0.3) is 10.0 Å². The van der Waals surface area contributed by atoms with Crippen LogP contribution in [0.25, 0.3) is 0 Å². The lowest BCUT2D eigenvalue weighted by molar-refractivity contribution is -0.138. The maximum atomic E-state index is 13.1. The first-order valence-corrected chi connectivity index (χ1v) is 9.81. The second-order valence-electron chi connectivity index (χ2n) is 5.31. The minimum Gasteiger partial charge on any atom is -0.495 e. The highest BCUT2D eigenvalue weighted by Gasteiger charge is 2.28. The van der Waals surface area contributed by atoms with Gasteiger partial charge in [0.1, 0.15) is 18.0 Å². The van der Waals surface area contributed by atoms with Gasteiger partial charge in [-0.15, -0.1) is 0 Å². The molecule has 0 N–H and O–H groups in total. The Kier molecular flexibility index (Phi) is 6.92. The zero-order chi connectivity index (χ0) is 20.0. The topological polar surface area (TPSA) is 82.1 Å². The van der Waals surface area contributed by atoms with Crippen LogP contribution in [-0.4, -0.2) is 41.8 Å². The highest BCUT2D eigenvalue weighted by Crippen LogP contribution is 2.31. The van der Waals surface area contributed by atoms with Gasteiger partial charge in [-0.2, -0.15) is 0 Å². The van der Waals surface area contributed by atoms with Gasteiger partial charge in [-0.05, 0) is 49.4 Å². The van der Waals surface area contributed by atoms with Crippen LogP contribution in [0.2, 0.25) is 5.02 Å². The summed E-state index contributed by atoms with van der Waals surface area (Å²) in [5.74, 6) is 0.229. The first-order valence-electron chi connectivity index (χ1n) is 7.99. The Morgan fingerprint density at radius 1 is 1.11 bits per heavy atom. The molecule has 2 aromatic rings. The third kappa shape index (κ3) is 4.84. The molecule has 2 rings (SSSR count). The van der Waals surface area contributed by atoms with Crippen LogP contribution in [0.1, 0.15) is 6.92 Å². The number of sulfonamides is 1. The molecule has 0 radical (unpaired) electrons. The first-order chi connectivity index (χ1) is 12.8. The molecule has 0 saturated carbocycles. The van der Waals surface area contributed by atoms with Crippen LogP contribution in [0.4, 0.5) is 5.69 Å². The molecule has 2 aromatic carbocycles. The number of benzene rings is 2. The first kappa shape index (κ1) is 20.9. The third-order valence-electron chi connectivity index (χ3n) is 3.65. The van der Waals surface area contributed by atoms with Crippen LogP contribution < -0.4 is 13.8 Å². The molecule has 146 valence electrons. The van der Waals surface area contributed by atoms with Crippen LogP contribution in [0, 0.1) is 0 Å². The molecule has 0 bridgehead atoms. The fraction of sp³-hybridized carbons (Fsp3) is 0.278. The number of hydrogen-bond acceptors (Lipinski definition) is 6. The Hall–Kier alpha value is -2.45. The van der Waals surface area contributed by atoms with Gasteiger partial charge in [-0.1, -0.05) is 11.6 Å². The van der Waals surface area contributed by atoms with Crippen molar-refractivity contribution in [2.75, 3.05) is 31.7 Å². The maximum Gasteiger partial charge on any atom is 0.326 e. The van der Waals surface area contributed by atoms with Gasteiger partial charge < -0.3 is 14.2 Å². The van der Waals surface area contributed by atoms with Crippen LogP contribution in [-0.2, 0) is 19.6 Å². The van der Waals surface area contributed by atoms with Gasteiger partial charge in [-0.3, -0.25) is 9.10 Å². The molecule has 0 spiro atoms. The van der Waals surface area contributed by atoms with E-state index in [0.717, 1.165) is 4.31 Å². The van der Waals surface area contributed by atoms with E-state index in [1.54, 1.807) is 24.3 Å². The summed E-state index contributed by atoms with van der Waals surface area (Å²) in [6.07, 6.45) is 0. The highest BCUT2D eigenvalue weighted by molar-refractivity contribution is 7.92. The quantitative estimate of drug-likeness (QED) is 0.618. The lowest BCUT2D eigenvalue weighted by Crippen LogP contribution is -2.36. The third-order valence-corrected chi connectivity index (χ3v) is 5.71. The average molecular weight is 414 g/mol. The van der Waals surface area contributed by atoms with Crippen molar-refractivity contribution in [2.24, 2.45) is 0 Å². The average Bonchev–Trinajstić information content (AvgIpc) is 2.66. The van der Waals surface area contributed by atoms with Crippen LogP contribution >= 0.6 is 11.6 Å². The molecule has 9 heteroatoms. The molecular formula is C18H20ClNO6S. The molecule has 0 atom stereocenters. The van der Waals surface area contributed by atoms with E-state index in [-0.39, 0.29) is 15.6 Å². The number of halogens is 1. The maximum absolute atomic E-state index is 13.1. The van der Waals surface area contributed by atoms with Crippen molar-refractivity contribution in [1.29, 1.82) is 0 Å². The van der Waals surface area contributed by atoms with E-state index in [1.807, 2.05) is 6.92 Å². The monoisotopic (exact) mass is 413 g/mol. The summed E-state index contributed by atoms with van der Waals surface area (Å²) >= 11 is 6.06. The number of carbonyl (C=O) groups is 1. The van der Waals surface area contributed by atoms with E-state index >= 15 is 0 Å². The lowest BCUT2D eigenvalue weighted by Gasteiger charge is -2.24. The molecule has 0 heterocycles. The van der Waals surface area contributed by atoms with Crippen molar-refractivity contribution in [3.63, 3.8) is 0 Å². The number of hydrogen-bond donors (Lipinski definition) is 0. The molecule has 27 heavy (non-hydrogen) atoms. The largest absolute Gasteiger partial charge is 0.495 e. The minimum atomic E-state index is -4.08. The predicted octanol–water partition coefficient (Wildman–Crippen LogP) is 3.12. The van der Waals surface area contributed by atoms with E-state index in [2.05, 4.69) is 4.74 Å². The van der Waals surface area contributed by atoms with E-state index in [9.17, 15) is 13.2 Å². The molecule has 0 fully saturated rings. The van der Waals surface area contributed by atoms with Crippen molar-refractivity contribution >= 4 is 33.3 Å². The number of esters is 1. The fourth-order valence-corrected chi connectivity index (χ4v) is 4.07. The normalized spacial score (nSPS) is 11.0. The number of methoxy groups -OCH3 is 2. The van der Waals surface area contributed by atoms with Gasteiger partial charge in [0.05, 0.1) is 36.4 Å². The molecule has 0 aliphatic carbocycles. The van der Waals surface area contributed by atoms with Crippen molar-refractivity contribution in [2.45, 2.75) is 11.8 Å². The number of ether oxygens (including phenoxy) is 3. The molecule has 0 aromatic heterocycles. The number of rotatable bonds is 8. The van der Waals surface area contributed by atoms with Crippen molar-refractivity contribution in [3.05, 3.63) is 47.5 Å². The Balaban J connectivity index is 2.48. The number of anilines is 1. The zero-order valence-corrected chi connectivity index (χ0v) is 16.7. The highest BCUT2D eigenvalue weighted by atomic mass is 35.5. The standard InChI is InChI=1S/C18H20ClNO6S/c1-4-26-14-7-5-13(6-8-14)20(12-18(21)25-3)27(22,23)15-9-10-17(24-2)16(19)11-15/h5-11H,4,12H2,1-3H3. The Bertz CT molecular complexity index is 899. The number of nitrogens with zero attached hydrogens (tertiary/aromatic N) is 1. The van der Waals surface area contributed by atoms with E-state index in [1.165, 1.54) is 32.4 Å². The van der Waals surface area contributed by atoms with Crippen LogP contribution in [0.15, 0.2) is 47.4 Å². The summed E-state index contributed by atoms with van der Waals surface area (Å²) < 4.78 is 42.3. The Morgan fingerprint density at radius 3 is 2.30 bits per heavy atom. The summed E-state index contributed by atoms with van der Waals surface area (Å²) in [5, 5.41) is 0.142. The Labute approximate surface area is 163 Å². The molecule has 7 nitrogen and oxygen atoms in total. The van der Waals surface area contributed by atoms with Crippen LogP contribution in [0.5, 0.6) is 11.5 Å². The summed E-state index contributed by atoms with van der Waals surface area (Å²) in [4.78, 5) is 11.7. The van der Waals surface area contributed by atoms with Gasteiger partial charge in [-0.25, -0.2) is 8.42 Å². The van der Waals surface area contributed by atoms with Gasteiger partial charge in [0, 0.05) is 0 Å². The van der Waals surface area contributed by atoms with E-state index in [4.69, 9.17) is 21.1 Å². The molecule has 0 aliphatic rings. The minimum absolute atomic E-state index is 0.0777. The van der Waals surface area contributed by atoms with E-state index in [0.29, 0.717) is 18.1 Å². The fourth-order valence-electron chi connectivity index (χ4n) is 2.31.